The molecule has 0 aliphatic carbocycles. The summed E-state index contributed by atoms with van der Waals surface area (Å²) in [6.07, 6.45) is 3.35. The average Bonchev–Trinajstić information content (AvgIpc) is 3.05. The maximum absolute atomic E-state index is 11.9. The number of aromatic nitrogens is 1. The van der Waals surface area contributed by atoms with Gasteiger partial charge in [0.05, 0.1) is 10.2 Å². The summed E-state index contributed by atoms with van der Waals surface area (Å²) in [7, 11) is 0. The molecule has 0 saturated carbocycles. The molecular formula is C16H14N2OS2. The highest BCUT2D eigenvalue weighted by molar-refractivity contribution is 7.22. The van der Waals surface area contributed by atoms with Crippen molar-refractivity contribution in [3.8, 4) is 0 Å². The Morgan fingerprint density at radius 3 is 2.95 bits per heavy atom. The van der Waals surface area contributed by atoms with E-state index in [0.717, 1.165) is 20.7 Å². The number of anilines is 1. The number of thiophene rings is 1. The van der Waals surface area contributed by atoms with Gasteiger partial charge in [-0.1, -0.05) is 23.5 Å². The summed E-state index contributed by atoms with van der Waals surface area (Å²) in [6.45, 7) is 4.10. The average molecular weight is 314 g/mol. The van der Waals surface area contributed by atoms with Crippen molar-refractivity contribution >= 4 is 50.0 Å². The number of aryl methyl sites for hydroxylation is 2. The zero-order valence-electron chi connectivity index (χ0n) is 11.7. The predicted octanol–water partition coefficient (Wildman–Crippen LogP) is 4.63. The lowest BCUT2D eigenvalue weighted by Crippen LogP contribution is -2.07. The molecule has 0 unspecified atom stereocenters. The number of benzene rings is 1. The van der Waals surface area contributed by atoms with Crippen LogP contribution in [-0.4, -0.2) is 10.9 Å². The highest BCUT2D eigenvalue weighted by Gasteiger charge is 2.08. The molecule has 21 heavy (non-hydrogen) atoms. The lowest BCUT2D eigenvalue weighted by molar-refractivity contribution is -0.111. The van der Waals surface area contributed by atoms with E-state index in [0.29, 0.717) is 5.13 Å². The van der Waals surface area contributed by atoms with Crippen LogP contribution in [0.15, 0.2) is 35.7 Å². The summed E-state index contributed by atoms with van der Waals surface area (Å²) in [6, 6.07) is 8.13. The van der Waals surface area contributed by atoms with Crippen LogP contribution in [0.5, 0.6) is 0 Å². The van der Waals surface area contributed by atoms with Crippen LogP contribution in [-0.2, 0) is 4.79 Å². The van der Waals surface area contributed by atoms with Gasteiger partial charge in [0.1, 0.15) is 0 Å². The van der Waals surface area contributed by atoms with E-state index in [-0.39, 0.29) is 5.91 Å². The Morgan fingerprint density at radius 1 is 1.33 bits per heavy atom. The van der Waals surface area contributed by atoms with Crippen LogP contribution in [0.1, 0.15) is 16.0 Å². The van der Waals surface area contributed by atoms with Crippen molar-refractivity contribution in [2.45, 2.75) is 13.8 Å². The summed E-state index contributed by atoms with van der Waals surface area (Å²) in [4.78, 5) is 17.5. The Kier molecular flexibility index (Phi) is 3.86. The Bertz CT molecular complexity index is 816. The smallest absolute Gasteiger partial charge is 0.250 e. The van der Waals surface area contributed by atoms with E-state index in [9.17, 15) is 4.79 Å². The number of hydrogen-bond donors (Lipinski definition) is 1. The van der Waals surface area contributed by atoms with Gasteiger partial charge in [-0.3, -0.25) is 10.1 Å². The van der Waals surface area contributed by atoms with Crippen LogP contribution in [0.2, 0.25) is 0 Å². The molecule has 0 spiro atoms. The highest BCUT2D eigenvalue weighted by atomic mass is 32.1. The van der Waals surface area contributed by atoms with E-state index in [1.807, 2.05) is 30.5 Å². The number of fused-ring (bicyclic) bond motifs is 1. The second kappa shape index (κ2) is 5.79. The van der Waals surface area contributed by atoms with Crippen LogP contribution in [0.4, 0.5) is 5.13 Å². The molecule has 5 heteroatoms. The fraction of sp³-hybridized carbons (Fsp3) is 0.125. The van der Waals surface area contributed by atoms with Crippen molar-refractivity contribution in [1.29, 1.82) is 0 Å². The monoisotopic (exact) mass is 314 g/mol. The van der Waals surface area contributed by atoms with E-state index in [2.05, 4.69) is 29.4 Å². The summed E-state index contributed by atoms with van der Waals surface area (Å²) in [5, 5.41) is 5.45. The van der Waals surface area contributed by atoms with E-state index < -0.39 is 0 Å². The molecule has 106 valence electrons. The zero-order valence-corrected chi connectivity index (χ0v) is 13.3. The second-order valence-corrected chi connectivity index (χ2v) is 6.80. The minimum atomic E-state index is -0.156. The van der Waals surface area contributed by atoms with Crippen molar-refractivity contribution < 1.29 is 4.79 Å². The van der Waals surface area contributed by atoms with Gasteiger partial charge in [-0.2, -0.15) is 0 Å². The topological polar surface area (TPSA) is 42.0 Å². The van der Waals surface area contributed by atoms with Crippen molar-refractivity contribution in [3.05, 3.63) is 51.7 Å². The van der Waals surface area contributed by atoms with Gasteiger partial charge >= 0.3 is 0 Å². The van der Waals surface area contributed by atoms with E-state index >= 15 is 0 Å². The summed E-state index contributed by atoms with van der Waals surface area (Å²) >= 11 is 3.10. The van der Waals surface area contributed by atoms with Crippen molar-refractivity contribution in [2.75, 3.05) is 5.32 Å². The van der Waals surface area contributed by atoms with Gasteiger partial charge in [0.15, 0.2) is 5.13 Å². The van der Waals surface area contributed by atoms with E-state index in [1.165, 1.54) is 23.0 Å². The van der Waals surface area contributed by atoms with Crippen LogP contribution in [0.3, 0.4) is 0 Å². The number of hydrogen-bond acceptors (Lipinski definition) is 4. The highest BCUT2D eigenvalue weighted by Crippen LogP contribution is 2.29. The van der Waals surface area contributed by atoms with Crippen molar-refractivity contribution in [1.82, 2.24) is 4.98 Å². The number of nitrogens with one attached hydrogen (secondary N) is 1. The predicted molar refractivity (Wildman–Crippen MR) is 91.1 cm³/mol. The summed E-state index contributed by atoms with van der Waals surface area (Å²) in [5.41, 5.74) is 3.30. The van der Waals surface area contributed by atoms with Crippen LogP contribution in [0.25, 0.3) is 16.3 Å². The zero-order chi connectivity index (χ0) is 14.8. The molecule has 1 N–H and O–H groups in total. The molecule has 0 bridgehead atoms. The van der Waals surface area contributed by atoms with Gasteiger partial charge in [0.25, 0.3) is 0 Å². The quantitative estimate of drug-likeness (QED) is 0.716. The number of nitrogens with zero attached hydrogens (tertiary/aromatic N) is 1. The number of carbonyl (C=O) groups excluding carboxylic acids is 1. The first-order valence-electron chi connectivity index (χ1n) is 6.52. The number of carbonyl (C=O) groups is 1. The Labute approximate surface area is 131 Å². The number of amides is 1. The molecule has 0 atom stereocenters. The number of rotatable bonds is 3. The van der Waals surface area contributed by atoms with Gasteiger partial charge in [0, 0.05) is 11.0 Å². The standard InChI is InChI=1S/C16H14N2OS2/c1-10-8-11(2)15-13(9-10)21-16(18-15)17-14(19)6-5-12-4-3-7-20-12/h3-9H,1-2H3,(H,17,18,19). The van der Waals surface area contributed by atoms with Gasteiger partial charge in [-0.15, -0.1) is 11.3 Å². The molecule has 0 saturated heterocycles. The van der Waals surface area contributed by atoms with Crippen LogP contribution in [0, 0.1) is 13.8 Å². The maximum Gasteiger partial charge on any atom is 0.250 e. The molecular weight excluding hydrogens is 300 g/mol. The second-order valence-electron chi connectivity index (χ2n) is 4.79. The SMILES string of the molecule is Cc1cc(C)c2nc(NC(=O)C=Cc3cccs3)sc2c1. The number of thiazole rings is 1. The van der Waals surface area contributed by atoms with Gasteiger partial charge in [-0.25, -0.2) is 4.98 Å². The first kappa shape index (κ1) is 14.0. The maximum atomic E-state index is 11.9. The first-order valence-corrected chi connectivity index (χ1v) is 8.22. The van der Waals surface area contributed by atoms with Gasteiger partial charge < -0.3 is 0 Å². The van der Waals surface area contributed by atoms with Crippen molar-refractivity contribution in [3.63, 3.8) is 0 Å². The van der Waals surface area contributed by atoms with E-state index in [4.69, 9.17) is 0 Å². The lowest BCUT2D eigenvalue weighted by Gasteiger charge is -1.96. The molecule has 3 aromatic rings. The Morgan fingerprint density at radius 2 is 2.19 bits per heavy atom. The molecule has 1 amide bonds. The first-order chi connectivity index (χ1) is 10.1. The van der Waals surface area contributed by atoms with Crippen LogP contribution >= 0.6 is 22.7 Å². The summed E-state index contributed by atoms with van der Waals surface area (Å²) in [5.74, 6) is -0.156. The molecule has 3 rings (SSSR count). The fourth-order valence-corrected chi connectivity index (χ4v) is 3.78. The molecule has 3 nitrogen and oxygen atoms in total. The minimum Gasteiger partial charge on any atom is -0.298 e. The van der Waals surface area contributed by atoms with Crippen LogP contribution < -0.4 is 5.32 Å². The minimum absolute atomic E-state index is 0.156. The Hall–Kier alpha value is -1.98. The van der Waals surface area contributed by atoms with Gasteiger partial charge in [0.2, 0.25) is 5.91 Å². The molecule has 2 aromatic heterocycles. The van der Waals surface area contributed by atoms with Crippen molar-refractivity contribution in [2.24, 2.45) is 0 Å². The third-order valence-corrected chi connectivity index (χ3v) is 4.76. The lowest BCUT2D eigenvalue weighted by atomic mass is 10.1. The Balaban J connectivity index is 1.78. The largest absolute Gasteiger partial charge is 0.298 e. The molecule has 2 heterocycles. The normalized spacial score (nSPS) is 11.3. The van der Waals surface area contributed by atoms with E-state index in [1.54, 1.807) is 11.3 Å². The molecule has 0 fully saturated rings. The molecule has 0 radical (unpaired) electrons. The summed E-state index contributed by atoms with van der Waals surface area (Å²) < 4.78 is 1.10. The molecule has 0 aliphatic rings. The fourth-order valence-electron chi connectivity index (χ4n) is 2.12. The molecule has 1 aromatic carbocycles. The van der Waals surface area contributed by atoms with Gasteiger partial charge in [-0.05, 0) is 48.6 Å². The third-order valence-electron chi connectivity index (χ3n) is 3.00. The molecule has 0 aliphatic heterocycles. The third kappa shape index (κ3) is 3.20.